The molecule has 132 valence electrons. The van der Waals surface area contributed by atoms with Gasteiger partial charge < -0.3 is 20.1 Å². The molecule has 0 saturated heterocycles. The van der Waals surface area contributed by atoms with Crippen LogP contribution in [-0.4, -0.2) is 26.8 Å². The molecule has 1 aromatic carbocycles. The Bertz CT molecular complexity index is 1150. The van der Waals surface area contributed by atoms with Crippen molar-refractivity contribution >= 4 is 27.5 Å². The molecule has 4 aromatic rings. The zero-order chi connectivity index (χ0) is 18.4. The zero-order valence-electron chi connectivity index (χ0n) is 14.3. The van der Waals surface area contributed by atoms with Crippen molar-refractivity contribution in [3.8, 4) is 22.8 Å². The van der Waals surface area contributed by atoms with Crippen LogP contribution in [0, 0.1) is 5.82 Å². The molecule has 0 saturated carbocycles. The molecule has 26 heavy (non-hydrogen) atoms. The molecule has 3 aromatic heterocycles. The molecule has 3 N–H and O–H groups in total. The van der Waals surface area contributed by atoms with Crippen molar-refractivity contribution in [2.24, 2.45) is 0 Å². The maximum atomic E-state index is 14.8. The van der Waals surface area contributed by atoms with E-state index in [2.05, 4.69) is 9.97 Å². The maximum Gasteiger partial charge on any atom is 0.202 e. The Morgan fingerprint density at radius 3 is 2.85 bits per heavy atom. The number of aromatic hydroxyl groups is 1. The van der Waals surface area contributed by atoms with Crippen LogP contribution in [0.15, 0.2) is 36.8 Å². The molecule has 0 fully saturated rings. The van der Waals surface area contributed by atoms with Crippen LogP contribution in [0.1, 0.15) is 6.92 Å². The molecule has 0 amide bonds. The number of methoxy groups -OCH3 is 1. The highest BCUT2D eigenvalue weighted by Gasteiger charge is 2.21. The summed E-state index contributed by atoms with van der Waals surface area (Å²) in [6.07, 6.45) is 4.81. The van der Waals surface area contributed by atoms with Crippen LogP contribution in [0.4, 0.5) is 10.1 Å². The summed E-state index contributed by atoms with van der Waals surface area (Å²) < 4.78 is 21.8. The summed E-state index contributed by atoms with van der Waals surface area (Å²) >= 11 is 0. The highest BCUT2D eigenvalue weighted by Crippen LogP contribution is 2.41. The second-order valence-corrected chi connectivity index (χ2v) is 5.92. The minimum Gasteiger partial charge on any atom is -0.496 e. The first-order chi connectivity index (χ1) is 12.6. The fraction of sp³-hybridized carbons (Fsp3) is 0.158. The maximum absolute atomic E-state index is 14.8. The average Bonchev–Trinajstić information content (AvgIpc) is 2.97. The van der Waals surface area contributed by atoms with Crippen molar-refractivity contribution in [2.45, 2.75) is 13.5 Å². The summed E-state index contributed by atoms with van der Waals surface area (Å²) in [5.74, 6) is 0.0919. The number of pyridine rings is 2. The van der Waals surface area contributed by atoms with Crippen molar-refractivity contribution in [2.75, 3.05) is 12.8 Å². The van der Waals surface area contributed by atoms with Crippen LogP contribution in [-0.2, 0) is 6.54 Å². The van der Waals surface area contributed by atoms with E-state index in [0.717, 1.165) is 0 Å². The normalized spacial score (nSPS) is 11.3. The quantitative estimate of drug-likeness (QED) is 0.587. The van der Waals surface area contributed by atoms with Gasteiger partial charge in [-0.1, -0.05) is 0 Å². The predicted octanol–water partition coefficient (Wildman–Crippen LogP) is 3.71. The Labute approximate surface area is 148 Å². The number of nitrogens with two attached hydrogens (primary N) is 1. The van der Waals surface area contributed by atoms with Gasteiger partial charge in [-0.2, -0.15) is 0 Å². The summed E-state index contributed by atoms with van der Waals surface area (Å²) in [5.41, 5.74) is 8.33. The Kier molecular flexibility index (Phi) is 3.64. The first-order valence-electron chi connectivity index (χ1n) is 8.14. The van der Waals surface area contributed by atoms with Gasteiger partial charge in [0.25, 0.3) is 0 Å². The number of aryl methyl sites for hydroxylation is 1. The van der Waals surface area contributed by atoms with E-state index in [-0.39, 0.29) is 11.4 Å². The second kappa shape index (κ2) is 5.87. The number of benzene rings is 1. The third kappa shape index (κ3) is 2.17. The SMILES string of the molecule is CCn1cc2nc3c(-c4cnccc4OC)c(F)ccc3c(N)c2c1O. The lowest BCUT2D eigenvalue weighted by Crippen LogP contribution is -1.97. The Morgan fingerprint density at radius 1 is 1.31 bits per heavy atom. The van der Waals surface area contributed by atoms with Gasteiger partial charge in [-0.3, -0.25) is 4.98 Å². The van der Waals surface area contributed by atoms with Gasteiger partial charge in [-0.15, -0.1) is 0 Å². The van der Waals surface area contributed by atoms with Crippen molar-refractivity contribution < 1.29 is 14.2 Å². The van der Waals surface area contributed by atoms with Gasteiger partial charge in [-0.05, 0) is 25.1 Å². The summed E-state index contributed by atoms with van der Waals surface area (Å²) in [7, 11) is 1.52. The zero-order valence-corrected chi connectivity index (χ0v) is 14.3. The van der Waals surface area contributed by atoms with Gasteiger partial charge >= 0.3 is 0 Å². The summed E-state index contributed by atoms with van der Waals surface area (Å²) in [5, 5.41) is 11.4. The summed E-state index contributed by atoms with van der Waals surface area (Å²) in [6.45, 7) is 2.47. The summed E-state index contributed by atoms with van der Waals surface area (Å²) in [6, 6.07) is 4.57. The van der Waals surface area contributed by atoms with Crippen LogP contribution in [0.25, 0.3) is 32.9 Å². The van der Waals surface area contributed by atoms with E-state index in [1.807, 2.05) is 6.92 Å². The van der Waals surface area contributed by atoms with Gasteiger partial charge in [0.2, 0.25) is 5.88 Å². The number of fused-ring (bicyclic) bond motifs is 2. The van der Waals surface area contributed by atoms with Crippen molar-refractivity contribution in [3.63, 3.8) is 0 Å². The number of hydrogen-bond acceptors (Lipinski definition) is 5. The third-order valence-electron chi connectivity index (χ3n) is 4.56. The van der Waals surface area contributed by atoms with Gasteiger partial charge in [0, 0.05) is 41.6 Å². The van der Waals surface area contributed by atoms with Gasteiger partial charge in [0.15, 0.2) is 0 Å². The molecule has 0 aliphatic rings. The first-order valence-corrected chi connectivity index (χ1v) is 8.14. The number of nitrogen functional groups attached to an aromatic ring is 1. The van der Waals surface area contributed by atoms with Gasteiger partial charge in [0.1, 0.15) is 11.6 Å². The lowest BCUT2D eigenvalue weighted by molar-refractivity contribution is 0.415. The van der Waals surface area contributed by atoms with E-state index in [4.69, 9.17) is 10.5 Å². The van der Waals surface area contributed by atoms with Gasteiger partial charge in [0.05, 0.1) is 29.2 Å². The minimum absolute atomic E-state index is 0.0548. The van der Waals surface area contributed by atoms with Crippen LogP contribution < -0.4 is 10.5 Å². The molecule has 0 spiro atoms. The number of aromatic nitrogens is 3. The van der Waals surface area contributed by atoms with E-state index in [1.54, 1.807) is 29.1 Å². The molecule has 0 aliphatic heterocycles. The fourth-order valence-corrected chi connectivity index (χ4v) is 3.27. The number of halogens is 1. The second-order valence-electron chi connectivity index (χ2n) is 5.92. The van der Waals surface area contributed by atoms with E-state index in [9.17, 15) is 9.50 Å². The van der Waals surface area contributed by atoms with Gasteiger partial charge in [-0.25, -0.2) is 9.37 Å². The van der Waals surface area contributed by atoms with Crippen molar-refractivity contribution in [1.82, 2.24) is 14.5 Å². The lowest BCUT2D eigenvalue weighted by atomic mass is 10.00. The van der Waals surface area contributed by atoms with E-state index >= 15 is 0 Å². The number of hydrogen-bond donors (Lipinski definition) is 2. The Morgan fingerprint density at radius 2 is 2.12 bits per heavy atom. The van der Waals surface area contributed by atoms with Crippen LogP contribution in [0.3, 0.4) is 0 Å². The lowest BCUT2D eigenvalue weighted by Gasteiger charge is -2.12. The standard InChI is InChI=1S/C19H17FN4O2/c1-3-24-9-13-16(19(24)25)17(21)10-4-5-12(20)15(18(10)23-13)11-8-22-7-6-14(11)26-2/h4-9,25H,3,21H2,1-2H3. The molecule has 7 heteroatoms. The molecule has 0 atom stereocenters. The average molecular weight is 352 g/mol. The molecule has 6 nitrogen and oxygen atoms in total. The molecule has 4 rings (SSSR count). The van der Waals surface area contributed by atoms with Crippen molar-refractivity contribution in [1.29, 1.82) is 0 Å². The smallest absolute Gasteiger partial charge is 0.202 e. The van der Waals surface area contributed by atoms with Crippen molar-refractivity contribution in [3.05, 3.63) is 42.6 Å². The monoisotopic (exact) mass is 352 g/mol. The van der Waals surface area contributed by atoms with Crippen LogP contribution in [0.5, 0.6) is 11.6 Å². The van der Waals surface area contributed by atoms with Crippen LogP contribution >= 0.6 is 0 Å². The molecular weight excluding hydrogens is 335 g/mol. The molecule has 0 bridgehead atoms. The number of ether oxygens (including phenoxy) is 1. The van der Waals surface area contributed by atoms with E-state index in [1.165, 1.54) is 19.4 Å². The first kappa shape index (κ1) is 16.1. The highest BCUT2D eigenvalue weighted by molar-refractivity contribution is 6.12. The molecule has 0 radical (unpaired) electrons. The Hall–Kier alpha value is -3.35. The predicted molar refractivity (Wildman–Crippen MR) is 98.7 cm³/mol. The largest absolute Gasteiger partial charge is 0.496 e. The number of nitrogens with zero attached hydrogens (tertiary/aromatic N) is 3. The number of rotatable bonds is 3. The number of anilines is 1. The summed E-state index contributed by atoms with van der Waals surface area (Å²) in [4.78, 5) is 8.68. The minimum atomic E-state index is -0.450. The van der Waals surface area contributed by atoms with Crippen LogP contribution in [0.2, 0.25) is 0 Å². The molecule has 3 heterocycles. The molecule has 0 aliphatic carbocycles. The topological polar surface area (TPSA) is 86.2 Å². The van der Waals surface area contributed by atoms with E-state index in [0.29, 0.717) is 45.4 Å². The molecule has 0 unspecified atom stereocenters. The highest BCUT2D eigenvalue weighted by atomic mass is 19.1. The third-order valence-corrected chi connectivity index (χ3v) is 4.56. The molecular formula is C19H17FN4O2. The fourth-order valence-electron chi connectivity index (χ4n) is 3.27. The Balaban J connectivity index is 2.16. The van der Waals surface area contributed by atoms with E-state index < -0.39 is 5.82 Å².